The van der Waals surface area contributed by atoms with E-state index in [0.29, 0.717) is 0 Å². The highest BCUT2D eigenvalue weighted by atomic mass is 14.8. The van der Waals surface area contributed by atoms with E-state index in [1.54, 1.807) is 0 Å². The van der Waals surface area contributed by atoms with Crippen LogP contribution >= 0.6 is 0 Å². The van der Waals surface area contributed by atoms with Crippen molar-refractivity contribution in [3.63, 3.8) is 0 Å². The van der Waals surface area contributed by atoms with Crippen LogP contribution in [-0.4, -0.2) is 28.6 Å². The first-order chi connectivity index (χ1) is 1.73. The smallest absolute Gasteiger partial charge is 0.160 e. The van der Waals surface area contributed by atoms with E-state index in [9.17, 15) is 0 Å². The molecular formula is H6B3N. The monoisotopic (exact) mass is 53.1 g/mol. The van der Waals surface area contributed by atoms with Gasteiger partial charge in [0.05, 0.1) is 0 Å². The molecule has 0 rings (SSSR count). The maximum atomic E-state index is 2.00. The Morgan fingerprint density at radius 2 is 1.00 bits per heavy atom. The second-order valence-electron chi connectivity index (χ2n) is 1.34. The van der Waals surface area contributed by atoms with Crippen LogP contribution < -0.4 is 0 Å². The van der Waals surface area contributed by atoms with Crippen LogP contribution in [0.5, 0.6) is 0 Å². The standard InChI is InChI=1S/B3H6N/c1-4(2)3/h1-3H2. The summed E-state index contributed by atoms with van der Waals surface area (Å²) in [4.78, 5) is 0. The zero-order valence-corrected chi connectivity index (χ0v) is 3.45. The Morgan fingerprint density at radius 1 is 1.00 bits per heavy atom. The lowest BCUT2D eigenvalue weighted by molar-refractivity contribution is 1.18. The minimum Gasteiger partial charge on any atom is -0.445 e. The molecule has 0 aliphatic carbocycles. The van der Waals surface area contributed by atoms with Gasteiger partial charge >= 0.3 is 0 Å². The molecule has 20 valence electrons. The Morgan fingerprint density at radius 3 is 1.00 bits per heavy atom. The van der Waals surface area contributed by atoms with E-state index in [1.165, 1.54) is 0 Å². The number of hydrogen-bond acceptors (Lipinski definition) is 1. The van der Waals surface area contributed by atoms with Gasteiger partial charge in [-0.05, 0) is 0 Å². The SMILES string of the molecule is BN(B)B. The van der Waals surface area contributed by atoms with Crippen LogP contribution in [0.25, 0.3) is 0 Å². The van der Waals surface area contributed by atoms with Crippen molar-refractivity contribution >= 4 is 23.9 Å². The normalized spacial score (nSPS) is 8.25. The van der Waals surface area contributed by atoms with Crippen LogP contribution in [0.2, 0.25) is 0 Å². The number of rotatable bonds is 0. The van der Waals surface area contributed by atoms with Crippen molar-refractivity contribution in [2.24, 2.45) is 0 Å². The van der Waals surface area contributed by atoms with E-state index in [-0.39, 0.29) is 0 Å². The van der Waals surface area contributed by atoms with Crippen molar-refractivity contribution in [3.8, 4) is 0 Å². The lowest BCUT2D eigenvalue weighted by Crippen LogP contribution is -2.08. The molecule has 0 saturated heterocycles. The molecule has 0 unspecified atom stereocenters. The van der Waals surface area contributed by atoms with Gasteiger partial charge in [0.1, 0.15) is 0 Å². The van der Waals surface area contributed by atoms with Crippen LogP contribution in [0.3, 0.4) is 0 Å². The molecule has 4 heavy (non-hydrogen) atoms. The summed E-state index contributed by atoms with van der Waals surface area (Å²) in [6.45, 7) is 0. The van der Waals surface area contributed by atoms with Crippen LogP contribution in [0.1, 0.15) is 0 Å². The third-order valence-corrected chi connectivity index (χ3v) is 0. The first-order valence-electron chi connectivity index (χ1n) is 1.34. The highest BCUT2D eigenvalue weighted by molar-refractivity contribution is 6.41. The maximum Gasteiger partial charge on any atom is 0.160 e. The molecule has 4 heteroatoms. The van der Waals surface area contributed by atoms with Crippen LogP contribution in [-0.2, 0) is 0 Å². The topological polar surface area (TPSA) is 3.24 Å². The van der Waals surface area contributed by atoms with Crippen molar-refractivity contribution in [1.29, 1.82) is 0 Å². The minimum atomic E-state index is 2.00. The van der Waals surface area contributed by atoms with Gasteiger partial charge in [0.25, 0.3) is 0 Å². The number of hydrogen-bond donors (Lipinski definition) is 0. The summed E-state index contributed by atoms with van der Waals surface area (Å²) in [6.07, 6.45) is 0. The molecule has 0 bridgehead atoms. The van der Waals surface area contributed by atoms with Gasteiger partial charge in [0, 0.05) is 0 Å². The molecule has 0 heterocycles. The van der Waals surface area contributed by atoms with Gasteiger partial charge in [-0.2, -0.15) is 0 Å². The van der Waals surface area contributed by atoms with E-state index in [0.717, 1.165) is 0 Å². The highest BCUT2D eigenvalue weighted by Gasteiger charge is 1.62. The Hall–Kier alpha value is 0.155. The first-order valence-corrected chi connectivity index (χ1v) is 1.34. The molecule has 0 radical (unpaired) electrons. The molecule has 0 fully saturated rings. The quantitative estimate of drug-likeness (QED) is 0.265. The van der Waals surface area contributed by atoms with Gasteiger partial charge in [-0.1, -0.05) is 0 Å². The minimum absolute atomic E-state index is 2.00. The molecule has 0 aliphatic heterocycles. The van der Waals surface area contributed by atoms with Gasteiger partial charge < -0.3 is 4.63 Å². The Kier molecular flexibility index (Phi) is 1.53. The molecule has 0 aliphatic rings. The van der Waals surface area contributed by atoms with E-state index in [2.05, 4.69) is 0 Å². The second kappa shape index (κ2) is 1.47. The average molecular weight is 52.5 g/mol. The number of nitrogens with zero attached hydrogens (tertiary/aromatic N) is 1. The van der Waals surface area contributed by atoms with Crippen molar-refractivity contribution < 1.29 is 0 Å². The third-order valence-electron chi connectivity index (χ3n) is 0. The van der Waals surface area contributed by atoms with Gasteiger partial charge in [-0.3, -0.25) is 0 Å². The Bertz CT molecular complexity index is 8.00. The van der Waals surface area contributed by atoms with Crippen molar-refractivity contribution in [2.45, 2.75) is 0 Å². The molecule has 1 nitrogen and oxygen atoms in total. The van der Waals surface area contributed by atoms with E-state index < -0.39 is 0 Å². The predicted octanol–water partition coefficient (Wildman–Crippen LogP) is -3.07. The zero-order chi connectivity index (χ0) is 3.58. The highest BCUT2D eigenvalue weighted by Crippen LogP contribution is 1.38. The molecular weight excluding hydrogens is 46.4 g/mol. The van der Waals surface area contributed by atoms with Gasteiger partial charge in [0.15, 0.2) is 23.9 Å². The third kappa shape index (κ3) is 120. The molecule has 0 atom stereocenters. The van der Waals surface area contributed by atoms with Crippen molar-refractivity contribution in [2.75, 3.05) is 0 Å². The van der Waals surface area contributed by atoms with E-state index in [4.69, 9.17) is 0 Å². The summed E-state index contributed by atoms with van der Waals surface area (Å²) >= 11 is 0. The van der Waals surface area contributed by atoms with Crippen LogP contribution in [0.4, 0.5) is 0 Å². The van der Waals surface area contributed by atoms with Gasteiger partial charge in [-0.15, -0.1) is 0 Å². The largest absolute Gasteiger partial charge is 0.445 e. The summed E-state index contributed by atoms with van der Waals surface area (Å²) in [5, 5.41) is 0. The lowest BCUT2D eigenvalue weighted by atomic mass is 10.1. The van der Waals surface area contributed by atoms with E-state index in [1.807, 2.05) is 28.6 Å². The summed E-state index contributed by atoms with van der Waals surface area (Å²) in [5.41, 5.74) is 0. The first kappa shape index (κ1) is 4.15. The predicted molar refractivity (Wildman–Crippen MR) is 27.5 cm³/mol. The molecule has 0 saturated carbocycles. The average Bonchev–Trinajstić information content (AvgIpc) is 0.811. The summed E-state index contributed by atoms with van der Waals surface area (Å²) in [7, 11) is 6.00. The Labute approximate surface area is 29.7 Å². The summed E-state index contributed by atoms with van der Waals surface area (Å²) in [5.74, 6) is 0. The molecule has 0 aromatic rings. The van der Waals surface area contributed by atoms with E-state index >= 15 is 0 Å². The van der Waals surface area contributed by atoms with Crippen molar-refractivity contribution in [1.82, 2.24) is 4.63 Å². The van der Waals surface area contributed by atoms with Crippen LogP contribution in [0, 0.1) is 0 Å². The van der Waals surface area contributed by atoms with Crippen LogP contribution in [0.15, 0.2) is 0 Å². The summed E-state index contributed by atoms with van der Waals surface area (Å²) < 4.78 is 2.00. The maximum absolute atomic E-state index is 2.00. The molecule has 0 amide bonds. The zero-order valence-electron chi connectivity index (χ0n) is 3.45. The van der Waals surface area contributed by atoms with Crippen molar-refractivity contribution in [3.05, 3.63) is 0 Å². The fraction of sp³-hybridized carbons (Fsp3) is 0. The molecule has 0 N–H and O–H groups in total. The fourth-order valence-corrected chi connectivity index (χ4v) is 0. The Balaban J connectivity index is 2.32. The molecule has 0 aromatic heterocycles. The summed E-state index contributed by atoms with van der Waals surface area (Å²) in [6, 6.07) is 0. The molecule has 0 aromatic carbocycles. The molecule has 0 spiro atoms. The lowest BCUT2D eigenvalue weighted by Gasteiger charge is -1.90. The fourth-order valence-electron chi connectivity index (χ4n) is 0. The van der Waals surface area contributed by atoms with Gasteiger partial charge in [0.2, 0.25) is 0 Å². The second-order valence-corrected chi connectivity index (χ2v) is 1.34. The van der Waals surface area contributed by atoms with Gasteiger partial charge in [-0.25, -0.2) is 0 Å².